The maximum Gasteiger partial charge on any atom is 0.328 e. The van der Waals surface area contributed by atoms with E-state index in [4.69, 9.17) is 9.47 Å². The zero-order valence-corrected chi connectivity index (χ0v) is 17.4. The van der Waals surface area contributed by atoms with Gasteiger partial charge in [-0.3, -0.25) is 0 Å². The molecule has 2 rings (SSSR count). The summed E-state index contributed by atoms with van der Waals surface area (Å²) >= 11 is 0. The van der Waals surface area contributed by atoms with Crippen LogP contribution in [0.15, 0.2) is 53.9 Å². The molecule has 0 N–H and O–H groups in total. The molecule has 0 radical (unpaired) electrons. The van der Waals surface area contributed by atoms with Crippen LogP contribution < -0.4 is 0 Å². The van der Waals surface area contributed by atoms with Crippen molar-refractivity contribution < 1.29 is 19.1 Å². The Bertz CT molecular complexity index is 752. The minimum atomic E-state index is -0.481. The Morgan fingerprint density at radius 1 is 1.14 bits per heavy atom. The molecule has 6 heteroatoms. The Labute approximate surface area is 173 Å². The summed E-state index contributed by atoms with van der Waals surface area (Å²) in [6.07, 6.45) is 7.87. The fourth-order valence-electron chi connectivity index (χ4n) is 3.02. The summed E-state index contributed by atoms with van der Waals surface area (Å²) in [5.74, 6) is 0.597. The van der Waals surface area contributed by atoms with Gasteiger partial charge in [0.15, 0.2) is 6.10 Å². The second kappa shape index (κ2) is 12.7. The van der Waals surface area contributed by atoms with Gasteiger partial charge < -0.3 is 24.7 Å². The molecule has 156 valence electrons. The lowest BCUT2D eigenvalue weighted by molar-refractivity contribution is -0.108. The number of carbonyl (C=O) groups is 1. The topological polar surface area (TPSA) is 75.2 Å². The van der Waals surface area contributed by atoms with Crippen LogP contribution in [0, 0.1) is 0 Å². The number of hydrogen-bond donors (Lipinski definition) is 0. The Morgan fingerprint density at radius 2 is 1.86 bits per heavy atom. The molecule has 1 aromatic rings. The smallest absolute Gasteiger partial charge is 0.328 e. The van der Waals surface area contributed by atoms with E-state index in [2.05, 4.69) is 18.6 Å². The Morgan fingerprint density at radius 3 is 2.52 bits per heavy atom. The summed E-state index contributed by atoms with van der Waals surface area (Å²) in [6.45, 7) is 6.10. The third kappa shape index (κ3) is 7.00. The van der Waals surface area contributed by atoms with E-state index in [1.807, 2.05) is 41.3 Å². The summed E-state index contributed by atoms with van der Waals surface area (Å²) in [7, 11) is 0. The van der Waals surface area contributed by atoms with E-state index < -0.39 is 6.10 Å². The number of benzene rings is 1. The Kier molecular flexibility index (Phi) is 9.90. The van der Waals surface area contributed by atoms with Crippen LogP contribution in [0.3, 0.4) is 0 Å². The number of ether oxygens (including phenoxy) is 2. The van der Waals surface area contributed by atoms with Crippen molar-refractivity contribution in [3.8, 4) is 0 Å². The van der Waals surface area contributed by atoms with Gasteiger partial charge in [0.25, 0.3) is 0 Å². The van der Waals surface area contributed by atoms with Crippen molar-refractivity contribution in [2.24, 2.45) is 0 Å². The molecule has 1 aliphatic rings. The standard InChI is InChI=1S/C23H31N3O3/c1-3-5-14-28-22-17-21(23(16-20(22)25-24)29-15-6-4-2)26(12-13-27)18-19-10-8-7-9-11-19/h7-11,13,16-17,22H,3-6,12,14-15,18H2,1-2H3. The van der Waals surface area contributed by atoms with E-state index in [1.54, 1.807) is 6.08 Å². The van der Waals surface area contributed by atoms with Gasteiger partial charge in [-0.2, -0.15) is 4.79 Å². The van der Waals surface area contributed by atoms with Gasteiger partial charge in [0.1, 0.15) is 12.0 Å². The lowest BCUT2D eigenvalue weighted by atomic mass is 10.0. The largest absolute Gasteiger partial charge is 0.491 e. The highest BCUT2D eigenvalue weighted by atomic mass is 16.5. The van der Waals surface area contributed by atoms with E-state index in [9.17, 15) is 10.3 Å². The van der Waals surface area contributed by atoms with Crippen molar-refractivity contribution >= 4 is 12.0 Å². The molecular weight excluding hydrogens is 366 g/mol. The van der Waals surface area contributed by atoms with Gasteiger partial charge in [0.2, 0.25) is 0 Å². The van der Waals surface area contributed by atoms with Crippen LogP contribution in [-0.4, -0.2) is 47.6 Å². The second-order valence-electron chi connectivity index (χ2n) is 6.97. The lowest BCUT2D eigenvalue weighted by Gasteiger charge is -2.30. The molecule has 0 fully saturated rings. The van der Waals surface area contributed by atoms with Crippen LogP contribution >= 0.6 is 0 Å². The van der Waals surface area contributed by atoms with E-state index in [0.29, 0.717) is 31.2 Å². The maximum atomic E-state index is 11.4. The Balaban J connectivity index is 2.32. The Hall–Kier alpha value is -2.69. The summed E-state index contributed by atoms with van der Waals surface area (Å²) in [5.41, 5.74) is 11.8. The lowest BCUT2D eigenvalue weighted by Crippen LogP contribution is -2.33. The molecule has 0 heterocycles. The zero-order chi connectivity index (χ0) is 20.9. The van der Waals surface area contributed by atoms with Crippen LogP contribution in [0.25, 0.3) is 5.53 Å². The monoisotopic (exact) mass is 397 g/mol. The summed E-state index contributed by atoms with van der Waals surface area (Å²) in [5, 5.41) is 0. The van der Waals surface area contributed by atoms with Gasteiger partial charge in [-0.05, 0) is 24.5 Å². The first kappa shape index (κ1) is 22.6. The average molecular weight is 398 g/mol. The molecule has 0 amide bonds. The fourth-order valence-corrected chi connectivity index (χ4v) is 3.02. The molecule has 0 saturated heterocycles. The molecule has 0 aromatic heterocycles. The number of rotatable bonds is 13. The average Bonchev–Trinajstić information content (AvgIpc) is 2.75. The SMILES string of the molecule is CCCCOC1=CC(=[N+]=[N-])C(OCCCC)C=C1N(CC=O)Cc1ccccc1. The zero-order valence-electron chi connectivity index (χ0n) is 17.4. The van der Waals surface area contributed by atoms with E-state index >= 15 is 0 Å². The van der Waals surface area contributed by atoms with Crippen molar-refractivity contribution in [1.29, 1.82) is 0 Å². The second-order valence-corrected chi connectivity index (χ2v) is 6.97. The van der Waals surface area contributed by atoms with Crippen LogP contribution in [0.1, 0.15) is 45.1 Å². The summed E-state index contributed by atoms with van der Waals surface area (Å²) in [4.78, 5) is 16.8. The number of hydrogen-bond acceptors (Lipinski definition) is 4. The third-order valence-electron chi connectivity index (χ3n) is 4.65. The molecule has 29 heavy (non-hydrogen) atoms. The predicted molar refractivity (Wildman–Crippen MR) is 113 cm³/mol. The van der Waals surface area contributed by atoms with Crippen LogP contribution in [0.2, 0.25) is 0 Å². The number of nitrogens with zero attached hydrogens (tertiary/aromatic N) is 3. The van der Waals surface area contributed by atoms with Crippen LogP contribution in [0.4, 0.5) is 0 Å². The molecular formula is C23H31N3O3. The highest BCUT2D eigenvalue weighted by molar-refractivity contribution is 5.97. The molecule has 0 spiro atoms. The fraction of sp³-hybridized carbons (Fsp3) is 0.478. The van der Waals surface area contributed by atoms with Crippen molar-refractivity contribution in [2.75, 3.05) is 19.8 Å². The normalized spacial score (nSPS) is 15.9. The molecule has 1 aromatic carbocycles. The van der Waals surface area contributed by atoms with Gasteiger partial charge in [0.05, 0.1) is 24.9 Å². The highest BCUT2D eigenvalue weighted by Gasteiger charge is 2.31. The number of aldehydes is 1. The van der Waals surface area contributed by atoms with Gasteiger partial charge in [-0.1, -0.05) is 57.0 Å². The number of carbonyl (C=O) groups excluding carboxylic acids is 1. The van der Waals surface area contributed by atoms with E-state index in [-0.39, 0.29) is 6.54 Å². The van der Waals surface area contributed by atoms with Crippen molar-refractivity contribution in [3.63, 3.8) is 0 Å². The molecule has 1 aliphatic carbocycles. The molecule has 0 bridgehead atoms. The van der Waals surface area contributed by atoms with Crippen LogP contribution in [-0.2, 0) is 20.8 Å². The minimum Gasteiger partial charge on any atom is -0.491 e. The first-order chi connectivity index (χ1) is 14.2. The van der Waals surface area contributed by atoms with Gasteiger partial charge in [-0.15, -0.1) is 0 Å². The van der Waals surface area contributed by atoms with E-state index in [1.165, 1.54) is 0 Å². The van der Waals surface area contributed by atoms with Crippen molar-refractivity contribution in [3.05, 3.63) is 65.0 Å². The van der Waals surface area contributed by atoms with Gasteiger partial charge in [0, 0.05) is 13.2 Å². The van der Waals surface area contributed by atoms with Gasteiger partial charge >= 0.3 is 5.71 Å². The summed E-state index contributed by atoms with van der Waals surface area (Å²) in [6, 6.07) is 9.97. The van der Waals surface area contributed by atoms with Crippen LogP contribution in [0.5, 0.6) is 0 Å². The third-order valence-corrected chi connectivity index (χ3v) is 4.65. The molecule has 1 unspecified atom stereocenters. The highest BCUT2D eigenvalue weighted by Crippen LogP contribution is 2.25. The first-order valence-electron chi connectivity index (χ1n) is 10.4. The van der Waals surface area contributed by atoms with Crippen molar-refractivity contribution in [2.45, 2.75) is 52.2 Å². The molecule has 0 aliphatic heterocycles. The summed E-state index contributed by atoms with van der Waals surface area (Å²) < 4.78 is 11.9. The van der Waals surface area contributed by atoms with E-state index in [0.717, 1.165) is 43.2 Å². The van der Waals surface area contributed by atoms with Gasteiger partial charge in [-0.25, -0.2) is 0 Å². The van der Waals surface area contributed by atoms with Crippen molar-refractivity contribution in [1.82, 2.24) is 4.90 Å². The number of unbranched alkanes of at least 4 members (excludes halogenated alkanes) is 2. The first-order valence-corrected chi connectivity index (χ1v) is 10.4. The maximum absolute atomic E-state index is 11.4. The quantitative estimate of drug-likeness (QED) is 0.217. The predicted octanol–water partition coefficient (Wildman–Crippen LogP) is 4.14. The molecule has 6 nitrogen and oxygen atoms in total. The molecule has 1 atom stereocenters. The molecule has 0 saturated carbocycles. The minimum absolute atomic E-state index is 0.225.